The molecule has 0 amide bonds. The van der Waals surface area contributed by atoms with Crippen molar-refractivity contribution < 1.29 is 0 Å². The van der Waals surface area contributed by atoms with Gasteiger partial charge in [-0.3, -0.25) is 4.90 Å². The molecule has 98 valence electrons. The van der Waals surface area contributed by atoms with Gasteiger partial charge in [0.25, 0.3) is 0 Å². The fraction of sp³-hybridized carbons (Fsp3) is 0.533. The van der Waals surface area contributed by atoms with Crippen molar-refractivity contribution in [1.29, 1.82) is 0 Å². The summed E-state index contributed by atoms with van der Waals surface area (Å²) in [6.07, 6.45) is 5.47. The molecule has 0 heterocycles. The molecule has 1 aliphatic carbocycles. The van der Waals surface area contributed by atoms with Gasteiger partial charge in [0.2, 0.25) is 0 Å². The standard InChI is InChI=1S/C15H22N2S/c1-2-17(14-8-3-4-9-14)11-12-6-5-7-13(10-12)15(16)18/h5-7,10,14H,2-4,8-9,11H2,1H3,(H2,16,18). The lowest BCUT2D eigenvalue weighted by Crippen LogP contribution is -2.32. The lowest BCUT2D eigenvalue weighted by atomic mass is 10.1. The molecule has 1 saturated carbocycles. The van der Waals surface area contributed by atoms with Gasteiger partial charge in [-0.05, 0) is 31.0 Å². The Morgan fingerprint density at radius 3 is 2.72 bits per heavy atom. The second kappa shape index (κ2) is 6.30. The molecular formula is C15H22N2S. The van der Waals surface area contributed by atoms with Crippen LogP contribution >= 0.6 is 12.2 Å². The second-order valence-corrected chi connectivity index (χ2v) is 5.51. The van der Waals surface area contributed by atoms with Crippen molar-refractivity contribution in [1.82, 2.24) is 4.90 Å². The number of hydrogen-bond acceptors (Lipinski definition) is 2. The van der Waals surface area contributed by atoms with Crippen molar-refractivity contribution in [2.24, 2.45) is 5.73 Å². The first-order chi connectivity index (χ1) is 8.70. The zero-order chi connectivity index (χ0) is 13.0. The number of hydrogen-bond donors (Lipinski definition) is 1. The molecule has 0 radical (unpaired) electrons. The highest BCUT2D eigenvalue weighted by Crippen LogP contribution is 2.24. The summed E-state index contributed by atoms with van der Waals surface area (Å²) in [6.45, 7) is 4.37. The number of benzene rings is 1. The number of nitrogens with two attached hydrogens (primary N) is 1. The smallest absolute Gasteiger partial charge is 0.103 e. The summed E-state index contributed by atoms with van der Waals surface area (Å²) < 4.78 is 0. The second-order valence-electron chi connectivity index (χ2n) is 5.07. The van der Waals surface area contributed by atoms with Crippen LogP contribution < -0.4 is 5.73 Å². The highest BCUT2D eigenvalue weighted by Gasteiger charge is 2.21. The lowest BCUT2D eigenvalue weighted by Gasteiger charge is -2.27. The van der Waals surface area contributed by atoms with Crippen LogP contribution in [0.25, 0.3) is 0 Å². The average molecular weight is 262 g/mol. The van der Waals surface area contributed by atoms with E-state index in [1.807, 2.05) is 12.1 Å². The van der Waals surface area contributed by atoms with Gasteiger partial charge < -0.3 is 5.73 Å². The van der Waals surface area contributed by atoms with E-state index in [9.17, 15) is 0 Å². The van der Waals surface area contributed by atoms with Crippen molar-refractivity contribution in [3.05, 3.63) is 35.4 Å². The van der Waals surface area contributed by atoms with Crippen LogP contribution in [0.5, 0.6) is 0 Å². The molecule has 1 fully saturated rings. The van der Waals surface area contributed by atoms with Crippen LogP contribution in [0.15, 0.2) is 24.3 Å². The van der Waals surface area contributed by atoms with Crippen molar-refractivity contribution in [2.75, 3.05) is 6.54 Å². The van der Waals surface area contributed by atoms with E-state index in [1.165, 1.54) is 31.2 Å². The molecule has 2 nitrogen and oxygen atoms in total. The quantitative estimate of drug-likeness (QED) is 0.827. The van der Waals surface area contributed by atoms with Gasteiger partial charge in [-0.2, -0.15) is 0 Å². The van der Waals surface area contributed by atoms with Gasteiger partial charge in [-0.25, -0.2) is 0 Å². The van der Waals surface area contributed by atoms with E-state index >= 15 is 0 Å². The molecule has 3 heteroatoms. The summed E-state index contributed by atoms with van der Waals surface area (Å²) in [6, 6.07) is 9.09. The first kappa shape index (κ1) is 13.5. The molecule has 0 unspecified atom stereocenters. The van der Waals surface area contributed by atoms with Gasteiger partial charge in [0.05, 0.1) is 0 Å². The summed E-state index contributed by atoms with van der Waals surface area (Å²) in [5.41, 5.74) is 7.98. The maximum atomic E-state index is 5.69. The molecule has 1 aliphatic rings. The molecule has 0 saturated heterocycles. The molecule has 0 aliphatic heterocycles. The number of nitrogens with zero attached hydrogens (tertiary/aromatic N) is 1. The van der Waals surface area contributed by atoms with Crippen LogP contribution in [0.3, 0.4) is 0 Å². The van der Waals surface area contributed by atoms with Gasteiger partial charge in [0.1, 0.15) is 4.99 Å². The maximum Gasteiger partial charge on any atom is 0.103 e. The first-order valence-electron chi connectivity index (χ1n) is 6.83. The van der Waals surface area contributed by atoms with Crippen molar-refractivity contribution in [2.45, 2.75) is 45.2 Å². The monoisotopic (exact) mass is 262 g/mol. The number of thiocarbonyl (C=S) groups is 1. The zero-order valence-corrected chi connectivity index (χ0v) is 11.9. The van der Waals surface area contributed by atoms with Gasteiger partial charge >= 0.3 is 0 Å². The molecule has 0 aromatic heterocycles. The van der Waals surface area contributed by atoms with E-state index in [1.54, 1.807) is 0 Å². The average Bonchev–Trinajstić information content (AvgIpc) is 2.90. The minimum absolute atomic E-state index is 0.487. The third-order valence-electron chi connectivity index (χ3n) is 3.84. The Morgan fingerprint density at radius 2 is 2.11 bits per heavy atom. The third-order valence-corrected chi connectivity index (χ3v) is 4.08. The molecule has 2 N–H and O–H groups in total. The molecule has 1 aromatic rings. The number of rotatable bonds is 5. The van der Waals surface area contributed by atoms with E-state index in [4.69, 9.17) is 18.0 Å². The Kier molecular flexibility index (Phi) is 4.72. The fourth-order valence-corrected chi connectivity index (χ4v) is 2.95. The third kappa shape index (κ3) is 3.30. The highest BCUT2D eigenvalue weighted by atomic mass is 32.1. The molecule has 2 rings (SSSR count). The summed E-state index contributed by atoms with van der Waals surface area (Å²) in [5.74, 6) is 0. The topological polar surface area (TPSA) is 29.3 Å². The SMILES string of the molecule is CCN(Cc1cccc(C(N)=S)c1)C1CCCC1. The largest absolute Gasteiger partial charge is 0.389 e. The van der Waals surface area contributed by atoms with Crippen LogP contribution in [-0.2, 0) is 6.54 Å². The predicted octanol–water partition coefficient (Wildman–Crippen LogP) is 3.09. The minimum atomic E-state index is 0.487. The maximum absolute atomic E-state index is 5.69. The van der Waals surface area contributed by atoms with E-state index in [0.29, 0.717) is 4.99 Å². The summed E-state index contributed by atoms with van der Waals surface area (Å²) in [5, 5.41) is 0. The molecule has 0 spiro atoms. The summed E-state index contributed by atoms with van der Waals surface area (Å²) in [4.78, 5) is 3.06. The Morgan fingerprint density at radius 1 is 1.39 bits per heavy atom. The molecule has 1 aromatic carbocycles. The Bertz CT molecular complexity index is 411. The van der Waals surface area contributed by atoms with E-state index in [2.05, 4.69) is 24.0 Å². The van der Waals surface area contributed by atoms with E-state index in [0.717, 1.165) is 24.7 Å². The predicted molar refractivity (Wildman–Crippen MR) is 80.7 cm³/mol. The van der Waals surface area contributed by atoms with Gasteiger partial charge in [0.15, 0.2) is 0 Å². The van der Waals surface area contributed by atoms with Crippen LogP contribution in [0.2, 0.25) is 0 Å². The van der Waals surface area contributed by atoms with Crippen molar-refractivity contribution >= 4 is 17.2 Å². The van der Waals surface area contributed by atoms with E-state index < -0.39 is 0 Å². The van der Waals surface area contributed by atoms with Crippen LogP contribution in [0, 0.1) is 0 Å². The first-order valence-corrected chi connectivity index (χ1v) is 7.24. The normalized spacial score (nSPS) is 16.3. The Labute approximate surface area is 115 Å². The molecule has 18 heavy (non-hydrogen) atoms. The highest BCUT2D eigenvalue weighted by molar-refractivity contribution is 7.80. The van der Waals surface area contributed by atoms with Gasteiger partial charge in [-0.15, -0.1) is 0 Å². The molecule has 0 atom stereocenters. The van der Waals surface area contributed by atoms with E-state index in [-0.39, 0.29) is 0 Å². The van der Waals surface area contributed by atoms with Crippen LogP contribution in [0.1, 0.15) is 43.7 Å². The summed E-state index contributed by atoms with van der Waals surface area (Å²) >= 11 is 5.04. The molecule has 0 bridgehead atoms. The van der Waals surface area contributed by atoms with Gasteiger partial charge in [0, 0.05) is 18.2 Å². The van der Waals surface area contributed by atoms with Crippen LogP contribution in [-0.4, -0.2) is 22.5 Å². The lowest BCUT2D eigenvalue weighted by molar-refractivity contribution is 0.200. The molecular weight excluding hydrogens is 240 g/mol. The van der Waals surface area contributed by atoms with Crippen LogP contribution in [0.4, 0.5) is 0 Å². The van der Waals surface area contributed by atoms with Gasteiger partial charge in [-0.1, -0.05) is 50.2 Å². The Hall–Kier alpha value is -0.930. The minimum Gasteiger partial charge on any atom is -0.389 e. The Balaban J connectivity index is 2.06. The summed E-state index contributed by atoms with van der Waals surface area (Å²) in [7, 11) is 0. The van der Waals surface area contributed by atoms with Crippen molar-refractivity contribution in [3.63, 3.8) is 0 Å². The van der Waals surface area contributed by atoms with Crippen molar-refractivity contribution in [3.8, 4) is 0 Å². The fourth-order valence-electron chi connectivity index (χ4n) is 2.83. The zero-order valence-electron chi connectivity index (χ0n) is 11.1.